The van der Waals surface area contributed by atoms with Gasteiger partial charge >= 0.3 is 0 Å². The van der Waals surface area contributed by atoms with E-state index in [-0.39, 0.29) is 5.91 Å². The molecule has 4 rings (SSSR count). The smallest absolute Gasteiger partial charge is 0.253 e. The first-order chi connectivity index (χ1) is 14.7. The van der Waals surface area contributed by atoms with Crippen LogP contribution in [-0.2, 0) is 13.6 Å². The van der Waals surface area contributed by atoms with Gasteiger partial charge in [-0.1, -0.05) is 18.2 Å². The minimum atomic E-state index is -0.210. The molecule has 1 amide bonds. The van der Waals surface area contributed by atoms with Gasteiger partial charge in [-0.2, -0.15) is 5.10 Å². The highest BCUT2D eigenvalue weighted by atomic mass is 16.5. The molecule has 2 aromatic heterocycles. The van der Waals surface area contributed by atoms with Crippen LogP contribution in [0.5, 0.6) is 23.1 Å². The van der Waals surface area contributed by atoms with E-state index in [1.807, 2.05) is 55.6 Å². The molecular formula is C23H20N4O3. The number of aryl methyl sites for hydroxylation is 1. The van der Waals surface area contributed by atoms with Crippen LogP contribution in [0, 0.1) is 0 Å². The molecule has 0 aliphatic rings. The summed E-state index contributed by atoms with van der Waals surface area (Å²) in [6.07, 6.45) is 3.18. The topological polar surface area (TPSA) is 78.3 Å². The molecule has 0 aliphatic carbocycles. The Morgan fingerprint density at radius 3 is 2.23 bits per heavy atom. The summed E-state index contributed by atoms with van der Waals surface area (Å²) in [7, 11) is 1.83. The van der Waals surface area contributed by atoms with Crippen molar-refractivity contribution >= 4 is 5.91 Å². The van der Waals surface area contributed by atoms with E-state index in [2.05, 4.69) is 15.4 Å². The molecule has 0 saturated carbocycles. The summed E-state index contributed by atoms with van der Waals surface area (Å²) >= 11 is 0. The van der Waals surface area contributed by atoms with Crippen LogP contribution >= 0.6 is 0 Å². The second-order valence-electron chi connectivity index (χ2n) is 6.50. The first-order valence-electron chi connectivity index (χ1n) is 9.39. The molecule has 4 aromatic rings. The molecular weight excluding hydrogens is 380 g/mol. The molecule has 7 heteroatoms. The molecule has 0 bridgehead atoms. The van der Waals surface area contributed by atoms with Crippen LogP contribution in [0.25, 0.3) is 0 Å². The third kappa shape index (κ3) is 4.82. The SMILES string of the molecule is Cn1nccc1CNC(=O)c1ccc(Oc2ccc(Oc3ccccc3)cc2)nc1. The van der Waals surface area contributed by atoms with Crippen molar-refractivity contribution in [2.24, 2.45) is 7.05 Å². The lowest BCUT2D eigenvalue weighted by molar-refractivity contribution is 0.0949. The van der Waals surface area contributed by atoms with Crippen molar-refractivity contribution in [1.29, 1.82) is 0 Å². The van der Waals surface area contributed by atoms with E-state index in [4.69, 9.17) is 9.47 Å². The number of hydrogen-bond acceptors (Lipinski definition) is 5. The Bertz CT molecular complexity index is 1110. The summed E-state index contributed by atoms with van der Waals surface area (Å²) < 4.78 is 13.2. The van der Waals surface area contributed by atoms with E-state index < -0.39 is 0 Å². The number of amides is 1. The molecule has 0 radical (unpaired) electrons. The molecule has 7 nitrogen and oxygen atoms in total. The summed E-state index contributed by atoms with van der Waals surface area (Å²) in [5, 5.41) is 6.92. The third-order valence-electron chi connectivity index (χ3n) is 4.38. The molecule has 0 saturated heterocycles. The third-order valence-corrected chi connectivity index (χ3v) is 4.38. The Balaban J connectivity index is 1.33. The van der Waals surface area contributed by atoms with Gasteiger partial charge in [0.05, 0.1) is 17.8 Å². The summed E-state index contributed by atoms with van der Waals surface area (Å²) in [6, 6.07) is 22.0. The number of carbonyl (C=O) groups excluding carboxylic acids is 1. The Kier molecular flexibility index (Phi) is 5.70. The number of carbonyl (C=O) groups is 1. The highest BCUT2D eigenvalue weighted by molar-refractivity contribution is 5.93. The van der Waals surface area contributed by atoms with Crippen molar-refractivity contribution in [1.82, 2.24) is 20.1 Å². The maximum atomic E-state index is 12.3. The number of aromatic nitrogens is 3. The molecule has 30 heavy (non-hydrogen) atoms. The number of ether oxygens (including phenoxy) is 2. The van der Waals surface area contributed by atoms with Gasteiger partial charge in [0.1, 0.15) is 17.2 Å². The largest absolute Gasteiger partial charge is 0.457 e. The Hall–Kier alpha value is -4.13. The number of benzene rings is 2. The van der Waals surface area contributed by atoms with Gasteiger partial charge < -0.3 is 14.8 Å². The molecule has 0 aliphatic heterocycles. The minimum absolute atomic E-state index is 0.210. The van der Waals surface area contributed by atoms with E-state index in [1.165, 1.54) is 6.20 Å². The lowest BCUT2D eigenvalue weighted by Gasteiger charge is -2.08. The average Bonchev–Trinajstić information content (AvgIpc) is 3.19. The standard InChI is InChI=1S/C23H20N4O3/c1-27-18(13-14-26-27)16-25-23(28)17-7-12-22(24-15-17)30-21-10-8-20(9-11-21)29-19-5-3-2-4-6-19/h2-15H,16H2,1H3,(H,25,28). The van der Waals surface area contributed by atoms with E-state index in [1.54, 1.807) is 35.1 Å². The van der Waals surface area contributed by atoms with Crippen LogP contribution in [0.4, 0.5) is 0 Å². The van der Waals surface area contributed by atoms with Gasteiger partial charge in [0.25, 0.3) is 5.91 Å². The lowest BCUT2D eigenvalue weighted by Crippen LogP contribution is -2.24. The zero-order valence-electron chi connectivity index (χ0n) is 16.4. The zero-order valence-corrected chi connectivity index (χ0v) is 16.4. The van der Waals surface area contributed by atoms with Crippen molar-refractivity contribution in [2.45, 2.75) is 6.54 Å². The van der Waals surface area contributed by atoms with Gasteiger partial charge in [-0.15, -0.1) is 0 Å². The first kappa shape index (κ1) is 19.2. The van der Waals surface area contributed by atoms with Crippen LogP contribution in [0.2, 0.25) is 0 Å². The van der Waals surface area contributed by atoms with Crippen LogP contribution < -0.4 is 14.8 Å². The van der Waals surface area contributed by atoms with Crippen molar-refractivity contribution in [3.63, 3.8) is 0 Å². The van der Waals surface area contributed by atoms with Crippen LogP contribution in [-0.4, -0.2) is 20.7 Å². The Labute approximate surface area is 173 Å². The molecule has 1 N–H and O–H groups in total. The van der Waals surface area contributed by atoms with E-state index in [0.29, 0.717) is 29.5 Å². The van der Waals surface area contributed by atoms with Crippen molar-refractivity contribution < 1.29 is 14.3 Å². The fraction of sp³-hybridized carbons (Fsp3) is 0.0870. The quantitative estimate of drug-likeness (QED) is 0.500. The van der Waals surface area contributed by atoms with Crippen LogP contribution in [0.15, 0.2) is 85.2 Å². The summed E-state index contributed by atoms with van der Waals surface area (Å²) in [5.74, 6) is 2.29. The summed E-state index contributed by atoms with van der Waals surface area (Å²) in [6.45, 7) is 0.394. The molecule has 150 valence electrons. The maximum absolute atomic E-state index is 12.3. The van der Waals surface area contributed by atoms with E-state index >= 15 is 0 Å². The van der Waals surface area contributed by atoms with Crippen LogP contribution in [0.3, 0.4) is 0 Å². The molecule has 0 fully saturated rings. The average molecular weight is 400 g/mol. The summed E-state index contributed by atoms with van der Waals surface area (Å²) in [4.78, 5) is 16.5. The molecule has 0 atom stereocenters. The molecule has 2 aromatic carbocycles. The predicted octanol–water partition coefficient (Wildman–Crippen LogP) is 4.33. The van der Waals surface area contributed by atoms with Gasteiger partial charge in [0.2, 0.25) is 5.88 Å². The van der Waals surface area contributed by atoms with Gasteiger partial charge in [-0.3, -0.25) is 9.48 Å². The van der Waals surface area contributed by atoms with Gasteiger partial charge in [-0.25, -0.2) is 4.98 Å². The molecule has 0 spiro atoms. The van der Waals surface area contributed by atoms with E-state index in [9.17, 15) is 4.79 Å². The molecule has 2 heterocycles. The van der Waals surface area contributed by atoms with Crippen molar-refractivity contribution in [2.75, 3.05) is 0 Å². The number of nitrogens with zero attached hydrogens (tertiary/aromatic N) is 3. The van der Waals surface area contributed by atoms with Gasteiger partial charge in [0.15, 0.2) is 0 Å². The maximum Gasteiger partial charge on any atom is 0.253 e. The number of hydrogen-bond donors (Lipinski definition) is 1. The lowest BCUT2D eigenvalue weighted by atomic mass is 10.2. The number of nitrogens with one attached hydrogen (secondary N) is 1. The number of pyridine rings is 1. The van der Waals surface area contributed by atoms with E-state index in [0.717, 1.165) is 11.4 Å². The monoisotopic (exact) mass is 400 g/mol. The van der Waals surface area contributed by atoms with Gasteiger partial charge in [0, 0.05) is 25.5 Å². The van der Waals surface area contributed by atoms with Crippen molar-refractivity contribution in [3.05, 3.63) is 96.4 Å². The van der Waals surface area contributed by atoms with Crippen LogP contribution in [0.1, 0.15) is 16.1 Å². The number of rotatable bonds is 7. The fourth-order valence-electron chi connectivity index (χ4n) is 2.74. The Morgan fingerprint density at radius 2 is 1.60 bits per heavy atom. The minimum Gasteiger partial charge on any atom is -0.457 e. The fourth-order valence-corrected chi connectivity index (χ4v) is 2.74. The zero-order chi connectivity index (χ0) is 20.8. The Morgan fingerprint density at radius 1 is 0.900 bits per heavy atom. The predicted molar refractivity (Wildman–Crippen MR) is 112 cm³/mol. The highest BCUT2D eigenvalue weighted by Crippen LogP contribution is 2.25. The second kappa shape index (κ2) is 8.91. The molecule has 0 unspecified atom stereocenters. The normalized spacial score (nSPS) is 10.4. The summed E-state index contributed by atoms with van der Waals surface area (Å²) in [5.41, 5.74) is 1.37. The van der Waals surface area contributed by atoms with Gasteiger partial charge in [-0.05, 0) is 48.5 Å². The number of para-hydroxylation sites is 1. The first-order valence-corrected chi connectivity index (χ1v) is 9.39. The van der Waals surface area contributed by atoms with Crippen molar-refractivity contribution in [3.8, 4) is 23.1 Å². The second-order valence-corrected chi connectivity index (χ2v) is 6.50. The highest BCUT2D eigenvalue weighted by Gasteiger charge is 2.08.